The highest BCUT2D eigenvalue weighted by Gasteiger charge is 2.07. The number of hydrogen-bond acceptors (Lipinski definition) is 3. The van der Waals surface area contributed by atoms with Crippen molar-refractivity contribution in [3.05, 3.63) is 29.3 Å². The maximum absolute atomic E-state index is 10.7. The van der Waals surface area contributed by atoms with Crippen LogP contribution in [0, 0.1) is 11.8 Å². The Balaban J connectivity index is 2.97. The lowest BCUT2D eigenvalue weighted by molar-refractivity contribution is -0.136. The molecule has 4 heteroatoms. The first-order valence-electron chi connectivity index (χ1n) is 5.16. The van der Waals surface area contributed by atoms with E-state index >= 15 is 0 Å². The first-order chi connectivity index (χ1) is 8.17. The van der Waals surface area contributed by atoms with Crippen LogP contribution in [0.2, 0.25) is 0 Å². The molecule has 0 aromatic heterocycles. The van der Waals surface area contributed by atoms with Crippen molar-refractivity contribution >= 4 is 5.97 Å². The summed E-state index contributed by atoms with van der Waals surface area (Å²) in [6.07, 6.45) is 0.305. The van der Waals surface area contributed by atoms with Crippen LogP contribution < -0.4 is 4.74 Å². The average molecular weight is 234 g/mol. The molecule has 0 unspecified atom stereocenters. The van der Waals surface area contributed by atoms with E-state index in [-0.39, 0.29) is 13.0 Å². The van der Waals surface area contributed by atoms with Crippen LogP contribution in [0.5, 0.6) is 5.75 Å². The first kappa shape index (κ1) is 13.1. The average Bonchev–Trinajstić information content (AvgIpc) is 2.29. The van der Waals surface area contributed by atoms with Gasteiger partial charge in [0.25, 0.3) is 0 Å². The fourth-order valence-corrected chi connectivity index (χ4v) is 1.38. The third-order valence-corrected chi connectivity index (χ3v) is 2.09. The van der Waals surface area contributed by atoms with Gasteiger partial charge in [-0.15, -0.1) is 0 Å². The Labute approximate surface area is 99.8 Å². The molecule has 1 aromatic rings. The zero-order valence-corrected chi connectivity index (χ0v) is 9.56. The number of ether oxygens (including phenoxy) is 1. The molecule has 90 valence electrons. The fourth-order valence-electron chi connectivity index (χ4n) is 1.38. The highest BCUT2D eigenvalue weighted by Crippen LogP contribution is 2.20. The van der Waals surface area contributed by atoms with E-state index in [0.29, 0.717) is 17.7 Å². The number of hydrogen-bond donors (Lipinski definition) is 2. The molecule has 0 heterocycles. The summed E-state index contributed by atoms with van der Waals surface area (Å²) in [4.78, 5) is 10.7. The summed E-state index contributed by atoms with van der Waals surface area (Å²) >= 11 is 0. The Morgan fingerprint density at radius 1 is 1.47 bits per heavy atom. The lowest BCUT2D eigenvalue weighted by atomic mass is 10.1. The minimum Gasteiger partial charge on any atom is -0.496 e. The molecular weight excluding hydrogens is 220 g/mol. The molecule has 0 amide bonds. The summed E-state index contributed by atoms with van der Waals surface area (Å²) in [5.41, 5.74) is 1.31. The van der Waals surface area contributed by atoms with Crippen molar-refractivity contribution in [2.24, 2.45) is 0 Å². The van der Waals surface area contributed by atoms with Gasteiger partial charge in [-0.1, -0.05) is 11.8 Å². The van der Waals surface area contributed by atoms with Crippen LogP contribution in [0.1, 0.15) is 17.5 Å². The highest BCUT2D eigenvalue weighted by atomic mass is 16.5. The number of benzene rings is 1. The molecule has 1 aromatic carbocycles. The van der Waals surface area contributed by atoms with E-state index in [1.165, 1.54) is 7.11 Å². The number of rotatable bonds is 4. The van der Waals surface area contributed by atoms with Crippen LogP contribution in [-0.2, 0) is 11.2 Å². The predicted molar refractivity (Wildman–Crippen MR) is 62.9 cm³/mol. The third-order valence-electron chi connectivity index (χ3n) is 2.09. The molecule has 1 rings (SSSR count). The summed E-state index contributed by atoms with van der Waals surface area (Å²) in [7, 11) is 1.50. The molecule has 0 aliphatic rings. The number of carboxylic acids is 1. The maximum atomic E-state index is 10.7. The molecule has 0 bridgehead atoms. The molecular formula is C13H14O4. The molecule has 17 heavy (non-hydrogen) atoms. The van der Waals surface area contributed by atoms with Gasteiger partial charge in [-0.3, -0.25) is 4.79 Å². The number of methoxy groups -OCH3 is 1. The zero-order valence-electron chi connectivity index (χ0n) is 9.56. The molecule has 0 spiro atoms. The second-order valence-corrected chi connectivity index (χ2v) is 3.37. The number of aliphatic hydroxyl groups is 1. The second kappa shape index (κ2) is 6.56. The van der Waals surface area contributed by atoms with Crippen molar-refractivity contribution < 1.29 is 19.7 Å². The van der Waals surface area contributed by atoms with E-state index < -0.39 is 5.97 Å². The molecule has 0 atom stereocenters. The summed E-state index contributed by atoms with van der Waals surface area (Å²) in [5, 5.41) is 17.4. The monoisotopic (exact) mass is 234 g/mol. The molecule has 0 aliphatic heterocycles. The van der Waals surface area contributed by atoms with Crippen LogP contribution >= 0.6 is 0 Å². The van der Waals surface area contributed by atoms with E-state index in [1.807, 2.05) is 0 Å². The molecule has 0 radical (unpaired) electrons. The summed E-state index contributed by atoms with van der Waals surface area (Å²) in [5.74, 6) is 5.26. The van der Waals surface area contributed by atoms with Crippen LogP contribution in [0.25, 0.3) is 0 Å². The van der Waals surface area contributed by atoms with Gasteiger partial charge in [-0.05, 0) is 18.2 Å². The van der Waals surface area contributed by atoms with E-state index in [0.717, 1.165) is 5.56 Å². The standard InChI is InChI=1S/C13H14O4/c1-17-12-6-5-10(4-2-3-7-14)8-11(12)9-13(15)16/h5-6,8,14H,3,7,9H2,1H3,(H,15,16). The molecule has 2 N–H and O–H groups in total. The summed E-state index contributed by atoms with van der Waals surface area (Å²) < 4.78 is 5.08. The number of aliphatic hydroxyl groups excluding tert-OH is 1. The SMILES string of the molecule is COc1ccc(C#CCCO)cc1CC(=O)O. The van der Waals surface area contributed by atoms with Gasteiger partial charge in [0.1, 0.15) is 5.75 Å². The Morgan fingerprint density at radius 3 is 2.82 bits per heavy atom. The van der Waals surface area contributed by atoms with Crippen molar-refractivity contribution in [3.8, 4) is 17.6 Å². The van der Waals surface area contributed by atoms with Crippen molar-refractivity contribution in [2.75, 3.05) is 13.7 Å². The summed E-state index contributed by atoms with van der Waals surface area (Å²) in [6, 6.07) is 5.15. The third kappa shape index (κ3) is 4.17. The summed E-state index contributed by atoms with van der Waals surface area (Å²) in [6.45, 7) is 0.0190. The number of carboxylic acid groups (broad SMARTS) is 1. The Bertz CT molecular complexity index is 454. The van der Waals surface area contributed by atoms with Crippen molar-refractivity contribution in [2.45, 2.75) is 12.8 Å². The molecule has 4 nitrogen and oxygen atoms in total. The van der Waals surface area contributed by atoms with Crippen LogP contribution in [-0.4, -0.2) is 29.9 Å². The molecule has 0 aliphatic carbocycles. The van der Waals surface area contributed by atoms with Gasteiger partial charge in [0.05, 0.1) is 20.1 Å². The van der Waals surface area contributed by atoms with E-state index in [4.69, 9.17) is 14.9 Å². The minimum absolute atomic E-state index is 0.0190. The van der Waals surface area contributed by atoms with Gasteiger partial charge in [0.15, 0.2) is 0 Å². The zero-order chi connectivity index (χ0) is 12.7. The largest absolute Gasteiger partial charge is 0.496 e. The Kier molecular flexibility index (Phi) is 5.05. The van der Waals surface area contributed by atoms with Crippen molar-refractivity contribution in [3.63, 3.8) is 0 Å². The van der Waals surface area contributed by atoms with Crippen LogP contribution in [0.15, 0.2) is 18.2 Å². The van der Waals surface area contributed by atoms with Gasteiger partial charge in [0, 0.05) is 17.5 Å². The molecule has 0 saturated heterocycles. The van der Waals surface area contributed by atoms with E-state index in [2.05, 4.69) is 11.8 Å². The van der Waals surface area contributed by atoms with E-state index in [1.54, 1.807) is 18.2 Å². The smallest absolute Gasteiger partial charge is 0.307 e. The predicted octanol–water partition coefficient (Wildman–Crippen LogP) is 1.06. The van der Waals surface area contributed by atoms with Gasteiger partial charge in [-0.25, -0.2) is 0 Å². The van der Waals surface area contributed by atoms with Crippen LogP contribution in [0.3, 0.4) is 0 Å². The molecule has 0 saturated carbocycles. The first-order valence-corrected chi connectivity index (χ1v) is 5.16. The van der Waals surface area contributed by atoms with Gasteiger partial charge < -0.3 is 14.9 Å². The van der Waals surface area contributed by atoms with Gasteiger partial charge in [0.2, 0.25) is 0 Å². The lowest BCUT2D eigenvalue weighted by Gasteiger charge is -2.06. The normalized spacial score (nSPS) is 9.29. The van der Waals surface area contributed by atoms with Gasteiger partial charge >= 0.3 is 5.97 Å². The van der Waals surface area contributed by atoms with Crippen molar-refractivity contribution in [1.29, 1.82) is 0 Å². The number of aliphatic carboxylic acids is 1. The van der Waals surface area contributed by atoms with E-state index in [9.17, 15) is 4.79 Å². The highest BCUT2D eigenvalue weighted by molar-refractivity contribution is 5.71. The second-order valence-electron chi connectivity index (χ2n) is 3.37. The minimum atomic E-state index is -0.913. The number of carbonyl (C=O) groups is 1. The van der Waals surface area contributed by atoms with Gasteiger partial charge in [-0.2, -0.15) is 0 Å². The maximum Gasteiger partial charge on any atom is 0.307 e. The topological polar surface area (TPSA) is 66.8 Å². The van der Waals surface area contributed by atoms with Crippen LogP contribution in [0.4, 0.5) is 0 Å². The molecule has 0 fully saturated rings. The quantitative estimate of drug-likeness (QED) is 0.764. The Hall–Kier alpha value is -1.99. The van der Waals surface area contributed by atoms with Crippen molar-refractivity contribution in [1.82, 2.24) is 0 Å². The Morgan fingerprint density at radius 2 is 2.24 bits per heavy atom. The fraction of sp³-hybridized carbons (Fsp3) is 0.308. The lowest BCUT2D eigenvalue weighted by Crippen LogP contribution is -2.02.